The van der Waals surface area contributed by atoms with Gasteiger partial charge in [-0.2, -0.15) is 0 Å². The maximum absolute atomic E-state index is 10.3. The third kappa shape index (κ3) is 21.8. The maximum Gasteiger partial charge on any atom is 0.471 e. The third-order valence-corrected chi connectivity index (χ3v) is 2.21. The Balaban J connectivity index is 0. The van der Waals surface area contributed by atoms with E-state index in [1.54, 1.807) is 0 Å². The average Bonchev–Trinajstić information content (AvgIpc) is 2.17. The minimum absolute atomic E-state index is 0.456. The molecule has 0 saturated heterocycles. The molecule has 0 aromatic heterocycles. The van der Waals surface area contributed by atoms with E-state index in [4.69, 9.17) is 14.5 Å². The van der Waals surface area contributed by atoms with Gasteiger partial charge < -0.3 is 19.8 Å². The smallest absolute Gasteiger partial charge is 0.352 e. The Bertz CT molecular complexity index is 195. The normalized spacial score (nSPS) is 12.8. The fourth-order valence-corrected chi connectivity index (χ4v) is 1.32. The molecule has 0 aliphatic carbocycles. The lowest BCUT2D eigenvalue weighted by atomic mass is 10.4. The van der Waals surface area contributed by atoms with Crippen molar-refractivity contribution in [1.29, 1.82) is 0 Å². The highest BCUT2D eigenvalue weighted by molar-refractivity contribution is 7.46. The van der Waals surface area contributed by atoms with Crippen molar-refractivity contribution < 1.29 is 23.6 Å². The Morgan fingerprint density at radius 1 is 1.24 bits per heavy atom. The fraction of sp³-hybridized carbons (Fsp3) is 1.00. The first-order valence-corrected chi connectivity index (χ1v) is 7.46. The van der Waals surface area contributed by atoms with Gasteiger partial charge in [-0.3, -0.25) is 4.52 Å². The molecule has 0 aromatic carbocycles. The zero-order valence-electron chi connectivity index (χ0n) is 11.2. The van der Waals surface area contributed by atoms with Crippen LogP contribution in [0.1, 0.15) is 40.5 Å². The molecule has 0 aromatic rings. The maximum atomic E-state index is 10.3. The van der Waals surface area contributed by atoms with Crippen LogP contribution in [-0.2, 0) is 13.8 Å². The standard InChI is InChI=1S/C6H15O5P.C4H11N/c1-3-4-5-10-6(2)11-12(7,8)9;1-3-5-4-2/h6H,3-5H2,1-2H3,(H2,7,8,9);5H,3-4H2,1-2H3. The number of phosphoric acid groups is 1. The lowest BCUT2D eigenvalue weighted by molar-refractivity contribution is -0.0800. The summed E-state index contributed by atoms with van der Waals surface area (Å²) in [5.41, 5.74) is 0. The zero-order chi connectivity index (χ0) is 13.7. The van der Waals surface area contributed by atoms with Crippen LogP contribution in [0.5, 0.6) is 0 Å². The molecule has 0 bridgehead atoms. The molecule has 7 heteroatoms. The highest BCUT2D eigenvalue weighted by atomic mass is 31.2. The van der Waals surface area contributed by atoms with Crippen molar-refractivity contribution in [1.82, 2.24) is 5.32 Å². The van der Waals surface area contributed by atoms with Gasteiger partial charge in [-0.1, -0.05) is 27.2 Å². The second-order valence-corrected chi connectivity index (χ2v) is 4.54. The van der Waals surface area contributed by atoms with E-state index >= 15 is 0 Å². The molecule has 3 N–H and O–H groups in total. The quantitative estimate of drug-likeness (QED) is 0.355. The van der Waals surface area contributed by atoms with Crippen LogP contribution in [-0.4, -0.2) is 35.8 Å². The second-order valence-electron chi connectivity index (χ2n) is 3.35. The summed E-state index contributed by atoms with van der Waals surface area (Å²) in [7, 11) is -4.40. The van der Waals surface area contributed by atoms with E-state index in [9.17, 15) is 4.57 Å². The number of phosphoric ester groups is 1. The van der Waals surface area contributed by atoms with Gasteiger partial charge in [-0.15, -0.1) is 0 Å². The number of hydrogen-bond donors (Lipinski definition) is 3. The first-order chi connectivity index (χ1) is 7.87. The monoisotopic (exact) mass is 271 g/mol. The van der Waals surface area contributed by atoms with Crippen molar-refractivity contribution in [3.63, 3.8) is 0 Å². The molecule has 0 amide bonds. The Kier molecular flexibility index (Phi) is 14.2. The second kappa shape index (κ2) is 12.5. The molecule has 0 aliphatic rings. The Morgan fingerprint density at radius 2 is 1.76 bits per heavy atom. The summed E-state index contributed by atoms with van der Waals surface area (Å²) >= 11 is 0. The van der Waals surface area contributed by atoms with Gasteiger partial charge in [-0.05, 0) is 26.4 Å². The van der Waals surface area contributed by atoms with Crippen LogP contribution in [0, 0.1) is 0 Å². The van der Waals surface area contributed by atoms with E-state index in [2.05, 4.69) is 23.7 Å². The van der Waals surface area contributed by atoms with E-state index in [0.717, 1.165) is 25.9 Å². The fourth-order valence-electron chi connectivity index (χ4n) is 0.867. The summed E-state index contributed by atoms with van der Waals surface area (Å²) in [5, 5.41) is 3.11. The number of hydrogen-bond acceptors (Lipinski definition) is 4. The molecule has 1 atom stereocenters. The molecule has 0 heterocycles. The predicted octanol–water partition coefficient (Wildman–Crippen LogP) is 1.87. The highest BCUT2D eigenvalue weighted by Crippen LogP contribution is 2.37. The van der Waals surface area contributed by atoms with Crippen LogP contribution in [0.15, 0.2) is 0 Å². The van der Waals surface area contributed by atoms with Crippen LogP contribution < -0.4 is 5.32 Å². The highest BCUT2D eigenvalue weighted by Gasteiger charge is 2.18. The van der Waals surface area contributed by atoms with Crippen LogP contribution in [0.4, 0.5) is 0 Å². The van der Waals surface area contributed by atoms with Crippen molar-refractivity contribution in [3.8, 4) is 0 Å². The van der Waals surface area contributed by atoms with Crippen molar-refractivity contribution in [3.05, 3.63) is 0 Å². The van der Waals surface area contributed by atoms with E-state index in [-0.39, 0.29) is 0 Å². The van der Waals surface area contributed by atoms with E-state index < -0.39 is 14.1 Å². The van der Waals surface area contributed by atoms with Crippen molar-refractivity contribution >= 4 is 7.82 Å². The summed E-state index contributed by atoms with van der Waals surface area (Å²) < 4.78 is 19.4. The molecule has 106 valence electrons. The molecule has 6 nitrogen and oxygen atoms in total. The molecular formula is C10H26NO5P. The van der Waals surface area contributed by atoms with E-state index in [1.807, 2.05) is 6.92 Å². The summed E-state index contributed by atoms with van der Waals surface area (Å²) in [6.07, 6.45) is 0.981. The van der Waals surface area contributed by atoms with Crippen LogP contribution in [0.3, 0.4) is 0 Å². The van der Waals surface area contributed by atoms with Gasteiger partial charge >= 0.3 is 7.82 Å². The van der Waals surface area contributed by atoms with Crippen molar-refractivity contribution in [2.24, 2.45) is 0 Å². The topological polar surface area (TPSA) is 88.0 Å². The first kappa shape index (κ1) is 19.4. The predicted molar refractivity (Wildman–Crippen MR) is 67.7 cm³/mol. The van der Waals surface area contributed by atoms with E-state index in [1.165, 1.54) is 6.92 Å². The van der Waals surface area contributed by atoms with Gasteiger partial charge in [0, 0.05) is 6.61 Å². The third-order valence-electron chi connectivity index (χ3n) is 1.64. The van der Waals surface area contributed by atoms with Crippen LogP contribution >= 0.6 is 7.82 Å². The van der Waals surface area contributed by atoms with Crippen LogP contribution in [0.25, 0.3) is 0 Å². The average molecular weight is 271 g/mol. The zero-order valence-corrected chi connectivity index (χ0v) is 12.1. The lowest BCUT2D eigenvalue weighted by Gasteiger charge is -2.13. The Morgan fingerprint density at radius 3 is 2.06 bits per heavy atom. The molecular weight excluding hydrogens is 245 g/mol. The van der Waals surface area contributed by atoms with Gasteiger partial charge in [-0.25, -0.2) is 4.57 Å². The van der Waals surface area contributed by atoms with Crippen molar-refractivity contribution in [2.75, 3.05) is 19.7 Å². The number of unbranched alkanes of at least 4 members (excludes halogenated alkanes) is 1. The first-order valence-electron chi connectivity index (χ1n) is 5.93. The van der Waals surface area contributed by atoms with Gasteiger partial charge in [0.1, 0.15) is 0 Å². The van der Waals surface area contributed by atoms with Gasteiger partial charge in [0.15, 0.2) is 6.29 Å². The van der Waals surface area contributed by atoms with Crippen molar-refractivity contribution in [2.45, 2.75) is 46.8 Å². The van der Waals surface area contributed by atoms with E-state index in [0.29, 0.717) is 6.61 Å². The minimum atomic E-state index is -4.40. The molecule has 0 radical (unpaired) electrons. The number of ether oxygens (including phenoxy) is 1. The minimum Gasteiger partial charge on any atom is -0.352 e. The number of nitrogens with one attached hydrogen (secondary N) is 1. The molecule has 0 spiro atoms. The molecule has 0 saturated carbocycles. The summed E-state index contributed by atoms with van der Waals surface area (Å²) in [4.78, 5) is 16.7. The summed E-state index contributed by atoms with van der Waals surface area (Å²) in [5.74, 6) is 0. The SMILES string of the molecule is CCCCOC(C)OP(=O)(O)O.CCNCC. The van der Waals surface area contributed by atoms with Crippen LogP contribution in [0.2, 0.25) is 0 Å². The largest absolute Gasteiger partial charge is 0.471 e. The van der Waals surface area contributed by atoms with Gasteiger partial charge in [0.2, 0.25) is 0 Å². The molecule has 0 aliphatic heterocycles. The Labute approximate surface area is 104 Å². The van der Waals surface area contributed by atoms with Gasteiger partial charge in [0.05, 0.1) is 0 Å². The van der Waals surface area contributed by atoms with Gasteiger partial charge in [0.25, 0.3) is 0 Å². The summed E-state index contributed by atoms with van der Waals surface area (Å²) in [6.45, 7) is 10.3. The lowest BCUT2D eigenvalue weighted by Crippen LogP contribution is -2.12. The number of rotatable bonds is 8. The molecule has 1 unspecified atom stereocenters. The molecule has 0 fully saturated rings. The Hall–Kier alpha value is 0.0300. The summed E-state index contributed by atoms with van der Waals surface area (Å²) in [6, 6.07) is 0. The molecule has 17 heavy (non-hydrogen) atoms. The molecule has 0 rings (SSSR count).